The smallest absolute Gasteiger partial charge is 0.309 e. The van der Waals surface area contributed by atoms with Crippen LogP contribution >= 0.6 is 0 Å². The summed E-state index contributed by atoms with van der Waals surface area (Å²) >= 11 is 0. The molecule has 0 aliphatic rings. The molecule has 0 radical (unpaired) electrons. The summed E-state index contributed by atoms with van der Waals surface area (Å²) in [6.07, 6.45) is 46.4. The number of hydrogen-bond acceptors (Lipinski definition) is 6. The SMILES string of the molecule is CC/C=C\C/C=C\C/C=C\C/C=C\C/C=C\CC(=O)OCC(COC(=O)CCCCCCCCC)OC(=O)CCCCCCC/C=C\CCC. The van der Waals surface area contributed by atoms with Crippen molar-refractivity contribution in [1.82, 2.24) is 0 Å². The van der Waals surface area contributed by atoms with Crippen molar-refractivity contribution >= 4 is 17.9 Å². The Morgan fingerprint density at radius 3 is 1.46 bits per heavy atom. The first-order chi connectivity index (χ1) is 24.5. The average molecular weight is 697 g/mol. The Bertz CT molecular complexity index is 986. The van der Waals surface area contributed by atoms with Gasteiger partial charge in [0, 0.05) is 12.8 Å². The molecular weight excluding hydrogens is 624 g/mol. The number of carbonyl (C=O) groups is 3. The van der Waals surface area contributed by atoms with E-state index in [9.17, 15) is 14.4 Å². The van der Waals surface area contributed by atoms with Gasteiger partial charge in [-0.1, -0.05) is 158 Å². The third kappa shape index (κ3) is 36.1. The fourth-order valence-corrected chi connectivity index (χ4v) is 4.98. The number of esters is 3. The van der Waals surface area contributed by atoms with Crippen LogP contribution in [0, 0.1) is 0 Å². The molecule has 50 heavy (non-hydrogen) atoms. The van der Waals surface area contributed by atoms with Gasteiger partial charge in [0.05, 0.1) is 6.42 Å². The van der Waals surface area contributed by atoms with E-state index >= 15 is 0 Å². The van der Waals surface area contributed by atoms with E-state index in [-0.39, 0.29) is 31.6 Å². The minimum absolute atomic E-state index is 0.110. The van der Waals surface area contributed by atoms with Crippen LogP contribution in [-0.4, -0.2) is 37.2 Å². The Morgan fingerprint density at radius 1 is 0.440 bits per heavy atom. The van der Waals surface area contributed by atoms with Crippen molar-refractivity contribution in [2.45, 2.75) is 175 Å². The van der Waals surface area contributed by atoms with Gasteiger partial charge in [-0.3, -0.25) is 14.4 Å². The van der Waals surface area contributed by atoms with Crippen LogP contribution < -0.4 is 0 Å². The van der Waals surface area contributed by atoms with E-state index in [4.69, 9.17) is 14.2 Å². The first-order valence-corrected chi connectivity index (χ1v) is 19.9. The number of carbonyl (C=O) groups excluding carboxylic acids is 3. The minimum Gasteiger partial charge on any atom is -0.462 e. The van der Waals surface area contributed by atoms with Crippen LogP contribution in [-0.2, 0) is 28.6 Å². The molecule has 0 aromatic heterocycles. The molecule has 0 aliphatic heterocycles. The Morgan fingerprint density at radius 2 is 0.900 bits per heavy atom. The van der Waals surface area contributed by atoms with Crippen molar-refractivity contribution in [3.63, 3.8) is 0 Å². The van der Waals surface area contributed by atoms with E-state index < -0.39 is 12.1 Å². The minimum atomic E-state index is -0.812. The molecule has 0 saturated heterocycles. The molecule has 0 amide bonds. The molecule has 0 aromatic rings. The van der Waals surface area contributed by atoms with Crippen molar-refractivity contribution in [2.75, 3.05) is 13.2 Å². The third-order valence-corrected chi connectivity index (χ3v) is 7.96. The number of hydrogen-bond donors (Lipinski definition) is 0. The molecule has 6 heteroatoms. The summed E-state index contributed by atoms with van der Waals surface area (Å²) in [5.41, 5.74) is 0. The monoisotopic (exact) mass is 697 g/mol. The van der Waals surface area contributed by atoms with Crippen LogP contribution in [0.25, 0.3) is 0 Å². The number of ether oxygens (including phenoxy) is 3. The van der Waals surface area contributed by atoms with Gasteiger partial charge in [0.2, 0.25) is 0 Å². The van der Waals surface area contributed by atoms with E-state index in [2.05, 4.69) is 81.5 Å². The van der Waals surface area contributed by atoms with Gasteiger partial charge < -0.3 is 14.2 Å². The Labute approximate surface area is 306 Å². The number of unbranched alkanes of at least 4 members (excludes halogenated alkanes) is 12. The zero-order valence-electron chi connectivity index (χ0n) is 32.1. The van der Waals surface area contributed by atoms with Gasteiger partial charge in [-0.2, -0.15) is 0 Å². The molecule has 1 atom stereocenters. The summed E-state index contributed by atoms with van der Waals surface area (Å²) in [7, 11) is 0. The van der Waals surface area contributed by atoms with Crippen molar-refractivity contribution in [3.8, 4) is 0 Å². The second kappa shape index (κ2) is 38.6. The summed E-state index contributed by atoms with van der Waals surface area (Å²) < 4.78 is 16.4. The van der Waals surface area contributed by atoms with Crippen LogP contribution in [0.2, 0.25) is 0 Å². The highest BCUT2D eigenvalue weighted by Gasteiger charge is 2.19. The molecule has 0 saturated carbocycles. The highest BCUT2D eigenvalue weighted by Crippen LogP contribution is 2.11. The highest BCUT2D eigenvalue weighted by molar-refractivity contribution is 5.72. The zero-order chi connectivity index (χ0) is 36.6. The van der Waals surface area contributed by atoms with Gasteiger partial charge in [0.1, 0.15) is 13.2 Å². The summed E-state index contributed by atoms with van der Waals surface area (Å²) in [6, 6.07) is 0. The van der Waals surface area contributed by atoms with Gasteiger partial charge in [-0.25, -0.2) is 0 Å². The second-order valence-electron chi connectivity index (χ2n) is 12.8. The molecule has 0 spiro atoms. The Hall–Kier alpha value is -3.15. The van der Waals surface area contributed by atoms with E-state index in [0.29, 0.717) is 12.8 Å². The number of allylic oxidation sites excluding steroid dienone is 11. The van der Waals surface area contributed by atoms with E-state index in [1.54, 1.807) is 6.08 Å². The Kier molecular flexibility index (Phi) is 36.2. The van der Waals surface area contributed by atoms with Crippen LogP contribution in [0.3, 0.4) is 0 Å². The molecule has 0 aromatic carbocycles. The zero-order valence-corrected chi connectivity index (χ0v) is 32.1. The summed E-state index contributed by atoms with van der Waals surface area (Å²) in [6.45, 7) is 6.28. The molecule has 0 bridgehead atoms. The fraction of sp³-hybridized carbons (Fsp3) is 0.659. The quantitative estimate of drug-likeness (QED) is 0.0288. The maximum absolute atomic E-state index is 12.6. The number of rotatable bonds is 34. The molecular formula is C44H72O6. The van der Waals surface area contributed by atoms with Gasteiger partial charge >= 0.3 is 17.9 Å². The van der Waals surface area contributed by atoms with Crippen LogP contribution in [0.15, 0.2) is 72.9 Å². The predicted octanol–water partition coefficient (Wildman–Crippen LogP) is 12.4. The Balaban J connectivity index is 4.50. The maximum atomic E-state index is 12.6. The van der Waals surface area contributed by atoms with Crippen molar-refractivity contribution in [3.05, 3.63) is 72.9 Å². The predicted molar refractivity (Wildman–Crippen MR) is 210 cm³/mol. The lowest BCUT2D eigenvalue weighted by molar-refractivity contribution is -0.166. The van der Waals surface area contributed by atoms with Crippen molar-refractivity contribution in [2.24, 2.45) is 0 Å². The standard InChI is InChI=1S/C44H72O6/c1-4-7-10-13-16-18-20-21-22-23-24-26-28-31-34-37-43(46)49-40-41(39-48-42(45)36-33-30-27-15-12-9-6-3)50-44(47)38-35-32-29-25-19-17-14-11-8-5-2/h7,10-11,14,16,18,21-22,24,26,31,34,41H,4-6,8-9,12-13,15,17,19-20,23,25,27-30,32-33,35-40H2,1-3H3/b10-7-,14-11-,18-16-,22-21-,26-24-,34-31-. The first-order valence-electron chi connectivity index (χ1n) is 19.9. The largest absolute Gasteiger partial charge is 0.462 e. The van der Waals surface area contributed by atoms with Crippen LogP contribution in [0.5, 0.6) is 0 Å². The van der Waals surface area contributed by atoms with Gasteiger partial charge in [-0.15, -0.1) is 0 Å². The summed E-state index contributed by atoms with van der Waals surface area (Å²) in [4.78, 5) is 37.3. The van der Waals surface area contributed by atoms with E-state index in [1.165, 1.54) is 38.5 Å². The fourth-order valence-electron chi connectivity index (χ4n) is 4.98. The maximum Gasteiger partial charge on any atom is 0.309 e. The average Bonchev–Trinajstić information content (AvgIpc) is 3.11. The van der Waals surface area contributed by atoms with Crippen molar-refractivity contribution < 1.29 is 28.6 Å². The molecule has 0 N–H and O–H groups in total. The molecule has 0 rings (SSSR count). The highest BCUT2D eigenvalue weighted by atomic mass is 16.6. The van der Waals surface area contributed by atoms with Gasteiger partial charge in [0.25, 0.3) is 0 Å². The third-order valence-electron chi connectivity index (χ3n) is 7.96. The van der Waals surface area contributed by atoms with Crippen molar-refractivity contribution in [1.29, 1.82) is 0 Å². The van der Waals surface area contributed by atoms with Crippen LogP contribution in [0.1, 0.15) is 168 Å². The van der Waals surface area contributed by atoms with E-state index in [0.717, 1.165) is 89.9 Å². The van der Waals surface area contributed by atoms with E-state index in [1.807, 2.05) is 6.08 Å². The molecule has 0 fully saturated rings. The summed E-state index contributed by atoms with van der Waals surface area (Å²) in [5.74, 6) is -1.07. The molecule has 284 valence electrons. The van der Waals surface area contributed by atoms with Gasteiger partial charge in [0.15, 0.2) is 6.10 Å². The topological polar surface area (TPSA) is 78.9 Å². The molecule has 0 aliphatic carbocycles. The molecule has 0 heterocycles. The summed E-state index contributed by atoms with van der Waals surface area (Å²) in [5, 5.41) is 0. The lowest BCUT2D eigenvalue weighted by Crippen LogP contribution is -2.30. The lowest BCUT2D eigenvalue weighted by Gasteiger charge is -2.18. The molecule has 6 nitrogen and oxygen atoms in total. The lowest BCUT2D eigenvalue weighted by atomic mass is 10.1. The second-order valence-corrected chi connectivity index (χ2v) is 12.8. The van der Waals surface area contributed by atoms with Crippen LogP contribution in [0.4, 0.5) is 0 Å². The first kappa shape index (κ1) is 46.9. The normalized spacial score (nSPS) is 12.8. The van der Waals surface area contributed by atoms with Gasteiger partial charge in [-0.05, 0) is 64.2 Å². The molecule has 1 unspecified atom stereocenters.